The number of para-hydroxylation sites is 1. The molecular formula is C34H28N4O7. The summed E-state index contributed by atoms with van der Waals surface area (Å²) >= 11 is 0. The van der Waals surface area contributed by atoms with E-state index in [0.717, 1.165) is 23.2 Å². The van der Waals surface area contributed by atoms with Gasteiger partial charge in [-0.1, -0.05) is 24.3 Å². The van der Waals surface area contributed by atoms with E-state index in [1.807, 2.05) is 24.3 Å². The van der Waals surface area contributed by atoms with Crippen LogP contribution in [0.3, 0.4) is 0 Å². The fourth-order valence-corrected chi connectivity index (χ4v) is 4.44. The van der Waals surface area contributed by atoms with Crippen molar-refractivity contribution in [3.05, 3.63) is 147 Å². The van der Waals surface area contributed by atoms with E-state index in [1.54, 1.807) is 36.4 Å². The number of amides is 1. The predicted octanol–water partition coefficient (Wildman–Crippen LogP) is 6.56. The Morgan fingerprint density at radius 2 is 1.71 bits per heavy atom. The average molecular weight is 605 g/mol. The van der Waals surface area contributed by atoms with Crippen molar-refractivity contribution >= 4 is 29.9 Å². The number of nitrogens with one attached hydrogen (secondary N) is 1. The largest absolute Gasteiger partial charge is 0.486 e. The van der Waals surface area contributed by atoms with Crippen LogP contribution in [-0.2, 0) is 11.4 Å². The molecule has 0 aliphatic carbocycles. The fraction of sp³-hybridized carbons (Fsp3) is 0.0882. The van der Waals surface area contributed by atoms with Crippen molar-refractivity contribution in [2.75, 3.05) is 0 Å². The molecule has 5 aromatic rings. The maximum absolute atomic E-state index is 12.6. The number of nitro groups is 1. The zero-order valence-corrected chi connectivity index (χ0v) is 24.4. The van der Waals surface area contributed by atoms with Gasteiger partial charge in [-0.15, -0.1) is 0 Å². The smallest absolute Gasteiger partial charge is 0.336 e. The zero-order chi connectivity index (χ0) is 31.8. The minimum Gasteiger partial charge on any atom is -0.486 e. The highest BCUT2D eigenvalue weighted by Gasteiger charge is 2.12. The second kappa shape index (κ2) is 13.8. The number of nitro benzene ring substituents is 1. The standard InChI is InChI=1S/C34H28N4O7/c1-23-10-11-24(2)37(23)27-13-15-29(16-14-27)43-22-30-17-18-32(44-30)34(40)36-35-21-26-7-3-4-9-31(26)45-33(39)19-12-25-6-5-8-28(20-25)38(41)42/h3-21H,22H2,1-2H3,(H,36,40)/b19-12+,35-21-. The van der Waals surface area contributed by atoms with Crippen molar-refractivity contribution in [1.82, 2.24) is 9.99 Å². The molecule has 0 unspecified atom stereocenters. The molecule has 5 rings (SSSR count). The highest BCUT2D eigenvalue weighted by Crippen LogP contribution is 2.21. The molecule has 2 aromatic heterocycles. The highest BCUT2D eigenvalue weighted by atomic mass is 16.6. The quantitative estimate of drug-likeness (QED) is 0.0450. The second-order valence-corrected chi connectivity index (χ2v) is 9.84. The number of ether oxygens (including phenoxy) is 2. The molecule has 2 heterocycles. The molecule has 0 bridgehead atoms. The molecule has 0 saturated carbocycles. The van der Waals surface area contributed by atoms with E-state index in [-0.39, 0.29) is 23.8 Å². The lowest BCUT2D eigenvalue weighted by molar-refractivity contribution is -0.384. The summed E-state index contributed by atoms with van der Waals surface area (Å²) in [5.41, 5.74) is 6.52. The molecule has 0 atom stereocenters. The van der Waals surface area contributed by atoms with Crippen LogP contribution in [0.1, 0.15) is 38.8 Å². The van der Waals surface area contributed by atoms with Gasteiger partial charge in [-0.05, 0) is 86.2 Å². The summed E-state index contributed by atoms with van der Waals surface area (Å²) in [6.45, 7) is 4.24. The molecule has 0 fully saturated rings. The van der Waals surface area contributed by atoms with Crippen molar-refractivity contribution < 1.29 is 28.4 Å². The van der Waals surface area contributed by atoms with E-state index >= 15 is 0 Å². The van der Waals surface area contributed by atoms with E-state index in [4.69, 9.17) is 13.9 Å². The van der Waals surface area contributed by atoms with Gasteiger partial charge in [0.25, 0.3) is 5.69 Å². The molecular weight excluding hydrogens is 576 g/mol. The number of hydrazone groups is 1. The molecule has 0 radical (unpaired) electrons. The van der Waals surface area contributed by atoms with E-state index in [0.29, 0.717) is 22.6 Å². The van der Waals surface area contributed by atoms with Crippen LogP contribution in [0, 0.1) is 24.0 Å². The Hall–Kier alpha value is -6.23. The topological polar surface area (TPSA) is 138 Å². The van der Waals surface area contributed by atoms with Gasteiger partial charge >= 0.3 is 11.9 Å². The first kappa shape index (κ1) is 30.2. The van der Waals surface area contributed by atoms with Gasteiger partial charge in [-0.2, -0.15) is 5.10 Å². The number of rotatable bonds is 11. The maximum Gasteiger partial charge on any atom is 0.336 e. The van der Waals surface area contributed by atoms with Crippen LogP contribution in [-0.4, -0.2) is 27.6 Å². The van der Waals surface area contributed by atoms with E-state index in [1.165, 1.54) is 36.6 Å². The number of carbonyl (C=O) groups is 2. The third-order valence-electron chi connectivity index (χ3n) is 6.62. The number of carbonyl (C=O) groups excluding carboxylic acids is 2. The van der Waals surface area contributed by atoms with Crippen molar-refractivity contribution in [2.45, 2.75) is 20.5 Å². The number of hydrogen-bond acceptors (Lipinski definition) is 8. The van der Waals surface area contributed by atoms with Gasteiger partial charge in [-0.3, -0.25) is 14.9 Å². The Labute approximate surface area is 258 Å². The number of furan rings is 1. The van der Waals surface area contributed by atoms with Crippen LogP contribution in [0.25, 0.3) is 11.8 Å². The molecule has 11 heteroatoms. The minimum absolute atomic E-state index is 0.0469. The molecule has 0 spiro atoms. The van der Waals surface area contributed by atoms with Crippen molar-refractivity contribution in [3.8, 4) is 17.2 Å². The Kier molecular flexibility index (Phi) is 9.29. The molecule has 0 aliphatic rings. The normalized spacial score (nSPS) is 11.2. The number of non-ortho nitro benzene ring substituents is 1. The minimum atomic E-state index is -0.696. The molecule has 226 valence electrons. The van der Waals surface area contributed by atoms with Crippen LogP contribution in [0.4, 0.5) is 5.69 Å². The van der Waals surface area contributed by atoms with Crippen LogP contribution in [0.5, 0.6) is 11.5 Å². The molecule has 0 saturated heterocycles. The molecule has 11 nitrogen and oxygen atoms in total. The highest BCUT2D eigenvalue weighted by molar-refractivity contribution is 5.94. The first-order chi connectivity index (χ1) is 21.8. The second-order valence-electron chi connectivity index (χ2n) is 9.84. The lowest BCUT2D eigenvalue weighted by Crippen LogP contribution is -2.17. The molecule has 1 amide bonds. The third-order valence-corrected chi connectivity index (χ3v) is 6.62. The summed E-state index contributed by atoms with van der Waals surface area (Å²) < 4.78 is 19.0. The van der Waals surface area contributed by atoms with Crippen LogP contribution in [0.2, 0.25) is 0 Å². The number of hydrogen-bond donors (Lipinski definition) is 1. The van der Waals surface area contributed by atoms with Gasteiger partial charge in [-0.25, -0.2) is 10.2 Å². The van der Waals surface area contributed by atoms with Crippen LogP contribution in [0.15, 0.2) is 113 Å². The van der Waals surface area contributed by atoms with Gasteiger partial charge < -0.3 is 18.5 Å². The van der Waals surface area contributed by atoms with Gasteiger partial charge in [0.1, 0.15) is 23.9 Å². The number of nitrogens with zero attached hydrogens (tertiary/aromatic N) is 3. The monoisotopic (exact) mass is 604 g/mol. The maximum atomic E-state index is 12.6. The number of benzene rings is 3. The lowest BCUT2D eigenvalue weighted by Gasteiger charge is -2.10. The Balaban J connectivity index is 1.13. The number of esters is 1. The van der Waals surface area contributed by atoms with E-state index < -0.39 is 16.8 Å². The van der Waals surface area contributed by atoms with Gasteiger partial charge in [0, 0.05) is 40.8 Å². The van der Waals surface area contributed by atoms with Gasteiger partial charge in [0.05, 0.1) is 11.1 Å². The Bertz CT molecular complexity index is 1880. The summed E-state index contributed by atoms with van der Waals surface area (Å²) in [6.07, 6.45) is 3.91. The summed E-state index contributed by atoms with van der Waals surface area (Å²) in [5, 5.41) is 14.9. The fourth-order valence-electron chi connectivity index (χ4n) is 4.44. The summed E-state index contributed by atoms with van der Waals surface area (Å²) in [7, 11) is 0. The molecule has 3 aromatic carbocycles. The van der Waals surface area contributed by atoms with Crippen LogP contribution >= 0.6 is 0 Å². The Morgan fingerprint density at radius 1 is 0.956 bits per heavy atom. The number of aryl methyl sites for hydroxylation is 2. The van der Waals surface area contributed by atoms with E-state index in [2.05, 4.69) is 41.1 Å². The van der Waals surface area contributed by atoms with Crippen molar-refractivity contribution in [2.24, 2.45) is 5.10 Å². The SMILES string of the molecule is Cc1ccc(C)n1-c1ccc(OCc2ccc(C(=O)N/N=C\c3ccccc3OC(=O)/C=C/c3cccc([N+](=O)[O-])c3)o2)cc1. The van der Waals surface area contributed by atoms with Crippen LogP contribution < -0.4 is 14.9 Å². The molecule has 0 aliphatic heterocycles. The predicted molar refractivity (Wildman–Crippen MR) is 168 cm³/mol. The summed E-state index contributed by atoms with van der Waals surface area (Å²) in [5.74, 6) is 0.0965. The van der Waals surface area contributed by atoms with Crippen molar-refractivity contribution in [1.29, 1.82) is 0 Å². The first-order valence-electron chi connectivity index (χ1n) is 13.8. The molecule has 1 N–H and O–H groups in total. The summed E-state index contributed by atoms with van der Waals surface area (Å²) in [4.78, 5) is 35.4. The zero-order valence-electron chi connectivity index (χ0n) is 24.4. The number of aromatic nitrogens is 1. The average Bonchev–Trinajstić information content (AvgIpc) is 3.66. The summed E-state index contributed by atoms with van der Waals surface area (Å²) in [6, 6.07) is 27.5. The molecule has 45 heavy (non-hydrogen) atoms. The lowest BCUT2D eigenvalue weighted by atomic mass is 10.2. The third kappa shape index (κ3) is 7.79. The first-order valence-corrected chi connectivity index (χ1v) is 13.8. The Morgan fingerprint density at radius 3 is 2.47 bits per heavy atom. The van der Waals surface area contributed by atoms with Crippen molar-refractivity contribution in [3.63, 3.8) is 0 Å². The van der Waals surface area contributed by atoms with E-state index in [9.17, 15) is 19.7 Å². The van der Waals surface area contributed by atoms with Gasteiger partial charge in [0.2, 0.25) is 0 Å². The van der Waals surface area contributed by atoms with Gasteiger partial charge in [0.15, 0.2) is 5.76 Å².